The molecule has 0 spiro atoms. The third-order valence-corrected chi connectivity index (χ3v) is 6.40. The third-order valence-electron chi connectivity index (χ3n) is 6.40. The molecule has 0 radical (unpaired) electrons. The fourth-order valence-electron chi connectivity index (χ4n) is 4.43. The lowest BCUT2D eigenvalue weighted by Crippen LogP contribution is -2.41. The monoisotopic (exact) mass is 441 g/mol. The second kappa shape index (κ2) is 9.02. The van der Waals surface area contributed by atoms with E-state index in [4.69, 9.17) is 4.52 Å². The number of piperidine rings is 1. The van der Waals surface area contributed by atoms with Crippen molar-refractivity contribution in [3.05, 3.63) is 72.1 Å². The van der Waals surface area contributed by atoms with Crippen LogP contribution in [0.2, 0.25) is 0 Å². The number of nitrogens with zero attached hydrogens (tertiary/aromatic N) is 4. The van der Waals surface area contributed by atoms with Gasteiger partial charge in [-0.3, -0.25) is 4.79 Å². The number of hydrogen-bond donors (Lipinski definition) is 1. The van der Waals surface area contributed by atoms with E-state index in [0.717, 1.165) is 54.0 Å². The maximum atomic E-state index is 12.9. The first-order chi connectivity index (χ1) is 16.1. The molecule has 4 aromatic rings. The van der Waals surface area contributed by atoms with Gasteiger partial charge in [-0.2, -0.15) is 4.98 Å². The zero-order valence-electron chi connectivity index (χ0n) is 18.9. The van der Waals surface area contributed by atoms with Crippen LogP contribution < -0.4 is 10.2 Å². The molecule has 2 aromatic heterocycles. The quantitative estimate of drug-likeness (QED) is 0.484. The minimum absolute atomic E-state index is 0.00714. The van der Waals surface area contributed by atoms with Crippen LogP contribution in [-0.4, -0.2) is 34.1 Å². The Hall–Kier alpha value is -3.74. The van der Waals surface area contributed by atoms with Gasteiger partial charge in [-0.25, -0.2) is 4.98 Å². The summed E-state index contributed by atoms with van der Waals surface area (Å²) in [5.41, 5.74) is 4.50. The van der Waals surface area contributed by atoms with E-state index < -0.39 is 0 Å². The smallest absolute Gasteiger partial charge is 0.263 e. The van der Waals surface area contributed by atoms with E-state index in [1.54, 1.807) is 0 Å². The Bertz CT molecular complexity index is 1240. The largest absolute Gasteiger partial charge is 0.356 e. The highest BCUT2D eigenvalue weighted by atomic mass is 16.5. The number of rotatable bonds is 5. The maximum Gasteiger partial charge on any atom is 0.263 e. The molecule has 1 fully saturated rings. The highest BCUT2D eigenvalue weighted by Gasteiger charge is 2.29. The van der Waals surface area contributed by atoms with Crippen LogP contribution in [0.1, 0.15) is 36.9 Å². The zero-order chi connectivity index (χ0) is 22.8. The normalized spacial score (nSPS) is 15.5. The highest BCUT2D eigenvalue weighted by Crippen LogP contribution is 2.34. The van der Waals surface area contributed by atoms with Gasteiger partial charge in [0.2, 0.25) is 5.91 Å². The second-order valence-corrected chi connectivity index (χ2v) is 8.68. The molecule has 0 saturated carbocycles. The summed E-state index contributed by atoms with van der Waals surface area (Å²) in [4.78, 5) is 23.9. The SMILES string of the molecule is Cc1ccc(-c2noc3ncnc(N4CCC(C(=O)N[C@H](C)c5ccccc5)CC4)c23)cc1. The highest BCUT2D eigenvalue weighted by molar-refractivity contribution is 5.98. The lowest BCUT2D eigenvalue weighted by molar-refractivity contribution is -0.126. The molecule has 0 aliphatic carbocycles. The molecule has 3 heterocycles. The number of aryl methyl sites for hydroxylation is 1. The number of carbonyl (C=O) groups is 1. The molecular formula is C26H27N5O2. The van der Waals surface area contributed by atoms with E-state index in [1.165, 1.54) is 11.9 Å². The molecule has 1 aliphatic rings. The summed E-state index contributed by atoms with van der Waals surface area (Å²) in [6.07, 6.45) is 3.05. The number of hydrogen-bond acceptors (Lipinski definition) is 6. The van der Waals surface area contributed by atoms with Gasteiger partial charge in [0.05, 0.1) is 6.04 Å². The number of aromatic nitrogens is 3. The number of anilines is 1. The van der Waals surface area contributed by atoms with Crippen LogP contribution >= 0.6 is 0 Å². The van der Waals surface area contributed by atoms with Crippen molar-refractivity contribution in [2.24, 2.45) is 5.92 Å². The minimum atomic E-state index is -0.0104. The van der Waals surface area contributed by atoms with Crippen LogP contribution in [0.15, 0.2) is 65.4 Å². The summed E-state index contributed by atoms with van der Waals surface area (Å²) in [6.45, 7) is 5.56. The van der Waals surface area contributed by atoms with Crippen LogP contribution in [0, 0.1) is 12.8 Å². The summed E-state index contributed by atoms with van der Waals surface area (Å²) < 4.78 is 5.52. The van der Waals surface area contributed by atoms with E-state index in [9.17, 15) is 4.79 Å². The summed E-state index contributed by atoms with van der Waals surface area (Å²) in [5, 5.41) is 8.28. The van der Waals surface area contributed by atoms with Crippen molar-refractivity contribution < 1.29 is 9.32 Å². The van der Waals surface area contributed by atoms with Crippen molar-refractivity contribution in [2.45, 2.75) is 32.7 Å². The Morgan fingerprint density at radius 1 is 1.06 bits per heavy atom. The minimum Gasteiger partial charge on any atom is -0.356 e. The van der Waals surface area contributed by atoms with Gasteiger partial charge in [0, 0.05) is 24.6 Å². The first kappa shape index (κ1) is 21.1. The van der Waals surface area contributed by atoms with Crippen LogP contribution in [0.4, 0.5) is 5.82 Å². The van der Waals surface area contributed by atoms with Gasteiger partial charge in [-0.1, -0.05) is 65.3 Å². The number of carbonyl (C=O) groups excluding carboxylic acids is 1. The van der Waals surface area contributed by atoms with E-state index in [-0.39, 0.29) is 17.9 Å². The molecule has 1 atom stereocenters. The first-order valence-electron chi connectivity index (χ1n) is 11.4. The lowest BCUT2D eigenvalue weighted by atomic mass is 9.95. The predicted octanol–water partition coefficient (Wildman–Crippen LogP) is 4.69. The van der Waals surface area contributed by atoms with Crippen molar-refractivity contribution in [1.82, 2.24) is 20.4 Å². The predicted molar refractivity (Wildman–Crippen MR) is 128 cm³/mol. The second-order valence-electron chi connectivity index (χ2n) is 8.68. The van der Waals surface area contributed by atoms with Crippen molar-refractivity contribution in [1.29, 1.82) is 0 Å². The van der Waals surface area contributed by atoms with Gasteiger partial charge in [-0.05, 0) is 32.3 Å². The van der Waals surface area contributed by atoms with Crippen molar-refractivity contribution >= 4 is 22.8 Å². The third kappa shape index (κ3) is 4.31. The van der Waals surface area contributed by atoms with Crippen molar-refractivity contribution in [3.8, 4) is 11.3 Å². The average molecular weight is 442 g/mol. The Kier molecular flexibility index (Phi) is 5.77. The Balaban J connectivity index is 1.31. The molecule has 0 bridgehead atoms. The van der Waals surface area contributed by atoms with Crippen LogP contribution in [0.3, 0.4) is 0 Å². The maximum absolute atomic E-state index is 12.9. The lowest BCUT2D eigenvalue weighted by Gasteiger charge is -2.32. The van der Waals surface area contributed by atoms with E-state index in [0.29, 0.717) is 5.71 Å². The topological polar surface area (TPSA) is 84.2 Å². The van der Waals surface area contributed by atoms with Crippen LogP contribution in [-0.2, 0) is 4.79 Å². The molecule has 168 valence electrons. The Labute approximate surface area is 192 Å². The van der Waals surface area contributed by atoms with Crippen molar-refractivity contribution in [3.63, 3.8) is 0 Å². The zero-order valence-corrected chi connectivity index (χ0v) is 18.9. The molecular weight excluding hydrogens is 414 g/mol. The van der Waals surface area contributed by atoms with Crippen molar-refractivity contribution in [2.75, 3.05) is 18.0 Å². The summed E-state index contributed by atoms with van der Waals surface area (Å²) in [6, 6.07) is 18.2. The number of amides is 1. The van der Waals surface area contributed by atoms with Gasteiger partial charge < -0.3 is 14.7 Å². The first-order valence-corrected chi connectivity index (χ1v) is 11.4. The molecule has 7 nitrogen and oxygen atoms in total. The van der Waals surface area contributed by atoms with E-state index in [1.807, 2.05) is 49.4 Å². The molecule has 2 aromatic carbocycles. The van der Waals surface area contributed by atoms with Gasteiger partial charge in [-0.15, -0.1) is 0 Å². The fraction of sp³-hybridized carbons (Fsp3) is 0.308. The van der Waals surface area contributed by atoms with Gasteiger partial charge in [0.15, 0.2) is 0 Å². The summed E-state index contributed by atoms with van der Waals surface area (Å²) >= 11 is 0. The summed E-state index contributed by atoms with van der Waals surface area (Å²) in [5.74, 6) is 0.918. The number of nitrogens with one attached hydrogen (secondary N) is 1. The number of fused-ring (bicyclic) bond motifs is 1. The molecule has 1 saturated heterocycles. The molecule has 7 heteroatoms. The molecule has 1 aliphatic heterocycles. The molecule has 33 heavy (non-hydrogen) atoms. The standard InChI is InChI=1S/C26H27N5O2/c1-17-8-10-20(11-9-17)23-22-24(27-16-28-26(22)33-30-23)31-14-12-21(13-15-31)25(32)29-18(2)19-6-4-3-5-7-19/h3-11,16,18,21H,12-15H2,1-2H3,(H,29,32)/t18-/m1/s1. The molecule has 0 unspecified atom stereocenters. The fourth-order valence-corrected chi connectivity index (χ4v) is 4.43. The summed E-state index contributed by atoms with van der Waals surface area (Å²) in [7, 11) is 0. The molecule has 5 rings (SSSR count). The van der Waals surface area contributed by atoms with Gasteiger partial charge in [0.25, 0.3) is 5.71 Å². The van der Waals surface area contributed by atoms with Gasteiger partial charge in [0.1, 0.15) is 23.2 Å². The van der Waals surface area contributed by atoms with Crippen LogP contribution in [0.25, 0.3) is 22.4 Å². The van der Waals surface area contributed by atoms with Crippen LogP contribution in [0.5, 0.6) is 0 Å². The molecule has 1 amide bonds. The van der Waals surface area contributed by atoms with E-state index >= 15 is 0 Å². The molecule has 1 N–H and O–H groups in total. The average Bonchev–Trinajstić information content (AvgIpc) is 3.29. The number of benzene rings is 2. The van der Waals surface area contributed by atoms with E-state index in [2.05, 4.69) is 44.4 Å². The van der Waals surface area contributed by atoms with Gasteiger partial charge >= 0.3 is 0 Å². The Morgan fingerprint density at radius 3 is 2.52 bits per heavy atom. The Morgan fingerprint density at radius 2 is 1.79 bits per heavy atom.